The smallest absolute Gasteiger partial charge is 0.416 e. The Balaban J connectivity index is 1.85. The third kappa shape index (κ3) is 3.77. The zero-order chi connectivity index (χ0) is 18.9. The van der Waals surface area contributed by atoms with E-state index in [1.165, 1.54) is 24.3 Å². The van der Waals surface area contributed by atoms with Crippen LogP contribution in [0.5, 0.6) is 5.75 Å². The predicted octanol–water partition coefficient (Wildman–Crippen LogP) is 4.84. The highest BCUT2D eigenvalue weighted by molar-refractivity contribution is 5.94. The van der Waals surface area contributed by atoms with Crippen molar-refractivity contribution < 1.29 is 27.8 Å². The molecule has 134 valence electrons. The minimum Gasteiger partial charge on any atom is -0.488 e. The Kier molecular flexibility index (Phi) is 4.54. The van der Waals surface area contributed by atoms with Crippen molar-refractivity contribution in [2.75, 3.05) is 0 Å². The van der Waals surface area contributed by atoms with E-state index in [-0.39, 0.29) is 12.2 Å². The average molecular weight is 361 g/mol. The predicted molar refractivity (Wildman–Crippen MR) is 89.2 cm³/mol. The largest absolute Gasteiger partial charge is 0.488 e. The number of alkyl halides is 3. The zero-order valence-corrected chi connectivity index (χ0v) is 13.7. The number of hydrogen-bond donors (Lipinski definition) is 1. The van der Waals surface area contributed by atoms with E-state index in [1.807, 2.05) is 0 Å². The van der Waals surface area contributed by atoms with Crippen molar-refractivity contribution in [1.82, 2.24) is 4.98 Å². The van der Waals surface area contributed by atoms with E-state index < -0.39 is 17.7 Å². The van der Waals surface area contributed by atoms with Crippen LogP contribution in [0.3, 0.4) is 0 Å². The number of rotatable bonds is 4. The fourth-order valence-corrected chi connectivity index (χ4v) is 2.53. The quantitative estimate of drug-likeness (QED) is 0.722. The molecular formula is C19H14F3NO3. The van der Waals surface area contributed by atoms with Crippen LogP contribution in [0, 0.1) is 6.92 Å². The molecule has 0 bridgehead atoms. The Morgan fingerprint density at radius 3 is 2.42 bits per heavy atom. The molecule has 0 spiro atoms. The van der Waals surface area contributed by atoms with Gasteiger partial charge in [0.05, 0.1) is 16.6 Å². The third-order valence-corrected chi connectivity index (χ3v) is 3.82. The molecule has 1 N–H and O–H groups in total. The molecule has 4 nitrogen and oxygen atoms in total. The summed E-state index contributed by atoms with van der Waals surface area (Å²) in [6.07, 6.45) is -4.38. The van der Waals surface area contributed by atoms with Crippen LogP contribution in [0.25, 0.3) is 10.9 Å². The van der Waals surface area contributed by atoms with Crippen molar-refractivity contribution in [2.24, 2.45) is 0 Å². The van der Waals surface area contributed by atoms with E-state index in [1.54, 1.807) is 19.1 Å². The van der Waals surface area contributed by atoms with Gasteiger partial charge in [0.1, 0.15) is 12.4 Å². The molecule has 0 atom stereocenters. The topological polar surface area (TPSA) is 59.4 Å². The van der Waals surface area contributed by atoms with E-state index in [0.29, 0.717) is 27.9 Å². The lowest BCUT2D eigenvalue weighted by Gasteiger charge is -2.12. The molecule has 1 aromatic heterocycles. The highest BCUT2D eigenvalue weighted by Gasteiger charge is 2.29. The minimum absolute atomic E-state index is 0.0807. The van der Waals surface area contributed by atoms with E-state index in [2.05, 4.69) is 4.98 Å². The standard InChI is InChI=1S/C19H14F3NO3/c1-11-8-17(15-7-4-13(18(24)25)9-16(15)23-11)26-10-12-2-5-14(6-3-12)19(20,21)22/h2-9H,10H2,1H3,(H,24,25). The molecule has 2 aromatic carbocycles. The molecule has 0 saturated heterocycles. The van der Waals surface area contributed by atoms with E-state index >= 15 is 0 Å². The summed E-state index contributed by atoms with van der Waals surface area (Å²) in [5, 5.41) is 9.71. The molecule has 0 unspecified atom stereocenters. The number of carbonyl (C=O) groups is 1. The number of carboxylic acid groups (broad SMARTS) is 1. The number of aromatic carboxylic acids is 1. The van der Waals surface area contributed by atoms with Crippen molar-refractivity contribution in [3.05, 3.63) is 70.9 Å². The van der Waals surface area contributed by atoms with Gasteiger partial charge in [0, 0.05) is 17.1 Å². The van der Waals surface area contributed by atoms with Crippen LogP contribution in [0.2, 0.25) is 0 Å². The fraction of sp³-hybridized carbons (Fsp3) is 0.158. The number of nitrogens with zero attached hydrogens (tertiary/aromatic N) is 1. The van der Waals surface area contributed by atoms with Gasteiger partial charge in [0.25, 0.3) is 0 Å². The van der Waals surface area contributed by atoms with Gasteiger partial charge in [-0.05, 0) is 42.8 Å². The first-order valence-electron chi connectivity index (χ1n) is 7.67. The Morgan fingerprint density at radius 1 is 1.12 bits per heavy atom. The van der Waals surface area contributed by atoms with Gasteiger partial charge in [-0.3, -0.25) is 4.98 Å². The minimum atomic E-state index is -4.38. The summed E-state index contributed by atoms with van der Waals surface area (Å²) in [6, 6.07) is 11.0. The fourth-order valence-electron chi connectivity index (χ4n) is 2.53. The summed E-state index contributed by atoms with van der Waals surface area (Å²) in [6.45, 7) is 1.83. The maximum absolute atomic E-state index is 12.6. The molecule has 7 heteroatoms. The number of halogens is 3. The van der Waals surface area contributed by atoms with E-state index in [9.17, 15) is 18.0 Å². The average Bonchev–Trinajstić information content (AvgIpc) is 2.58. The Hall–Kier alpha value is -3.09. The highest BCUT2D eigenvalue weighted by atomic mass is 19.4. The third-order valence-electron chi connectivity index (χ3n) is 3.82. The van der Waals surface area contributed by atoms with Gasteiger partial charge in [-0.25, -0.2) is 4.79 Å². The van der Waals surface area contributed by atoms with Gasteiger partial charge in [-0.2, -0.15) is 13.2 Å². The normalized spacial score (nSPS) is 11.5. The van der Waals surface area contributed by atoms with Gasteiger partial charge < -0.3 is 9.84 Å². The maximum atomic E-state index is 12.6. The molecule has 0 fully saturated rings. The molecule has 0 saturated carbocycles. The second-order valence-corrected chi connectivity index (χ2v) is 5.78. The molecule has 1 heterocycles. The Morgan fingerprint density at radius 2 is 1.81 bits per heavy atom. The second-order valence-electron chi connectivity index (χ2n) is 5.78. The van der Waals surface area contributed by atoms with Crippen LogP contribution in [0.15, 0.2) is 48.5 Å². The molecule has 3 aromatic rings. The first kappa shape index (κ1) is 17.7. The molecule has 0 aliphatic carbocycles. The lowest BCUT2D eigenvalue weighted by Crippen LogP contribution is -2.05. The summed E-state index contributed by atoms with van der Waals surface area (Å²) >= 11 is 0. The maximum Gasteiger partial charge on any atom is 0.416 e. The monoisotopic (exact) mass is 361 g/mol. The molecule has 0 aliphatic heterocycles. The number of hydrogen-bond acceptors (Lipinski definition) is 3. The van der Waals surface area contributed by atoms with Crippen molar-refractivity contribution in [1.29, 1.82) is 0 Å². The van der Waals surface area contributed by atoms with Crippen molar-refractivity contribution >= 4 is 16.9 Å². The first-order chi connectivity index (χ1) is 12.2. The molecular weight excluding hydrogens is 347 g/mol. The molecule has 0 aliphatic rings. The Bertz CT molecular complexity index is 966. The second kappa shape index (κ2) is 6.67. The summed E-state index contributed by atoms with van der Waals surface area (Å²) in [4.78, 5) is 15.4. The summed E-state index contributed by atoms with van der Waals surface area (Å²) in [5.41, 5.74) is 1.11. The number of fused-ring (bicyclic) bond motifs is 1. The molecule has 3 rings (SSSR count). The molecule has 0 radical (unpaired) electrons. The number of ether oxygens (including phenoxy) is 1. The number of carboxylic acids is 1. The number of aromatic nitrogens is 1. The number of benzene rings is 2. The lowest BCUT2D eigenvalue weighted by atomic mass is 10.1. The van der Waals surface area contributed by atoms with Gasteiger partial charge in [0.15, 0.2) is 0 Å². The summed E-state index contributed by atoms with van der Waals surface area (Å²) in [7, 11) is 0. The molecule has 26 heavy (non-hydrogen) atoms. The van der Waals surface area contributed by atoms with Gasteiger partial charge in [0.2, 0.25) is 0 Å². The van der Waals surface area contributed by atoms with E-state index in [0.717, 1.165) is 12.1 Å². The Labute approximate surface area is 146 Å². The number of aryl methyl sites for hydroxylation is 1. The van der Waals surface area contributed by atoms with Gasteiger partial charge in [-0.1, -0.05) is 12.1 Å². The zero-order valence-electron chi connectivity index (χ0n) is 13.7. The van der Waals surface area contributed by atoms with Crippen LogP contribution in [0.4, 0.5) is 13.2 Å². The number of pyridine rings is 1. The van der Waals surface area contributed by atoms with Crippen molar-refractivity contribution in [2.45, 2.75) is 19.7 Å². The summed E-state index contributed by atoms with van der Waals surface area (Å²) < 4.78 is 43.5. The lowest BCUT2D eigenvalue weighted by molar-refractivity contribution is -0.137. The van der Waals surface area contributed by atoms with Crippen LogP contribution in [0.1, 0.15) is 27.2 Å². The van der Waals surface area contributed by atoms with Crippen molar-refractivity contribution in [3.63, 3.8) is 0 Å². The first-order valence-corrected chi connectivity index (χ1v) is 7.67. The molecule has 0 amide bonds. The SMILES string of the molecule is Cc1cc(OCc2ccc(C(F)(F)F)cc2)c2ccc(C(=O)O)cc2n1. The van der Waals surface area contributed by atoms with Crippen LogP contribution in [-0.4, -0.2) is 16.1 Å². The van der Waals surface area contributed by atoms with Gasteiger partial charge >= 0.3 is 12.1 Å². The highest BCUT2D eigenvalue weighted by Crippen LogP contribution is 2.30. The summed E-state index contributed by atoms with van der Waals surface area (Å²) in [5.74, 6) is -0.563. The van der Waals surface area contributed by atoms with Crippen LogP contribution < -0.4 is 4.74 Å². The van der Waals surface area contributed by atoms with E-state index in [4.69, 9.17) is 9.84 Å². The van der Waals surface area contributed by atoms with Crippen molar-refractivity contribution in [3.8, 4) is 5.75 Å². The van der Waals surface area contributed by atoms with Gasteiger partial charge in [-0.15, -0.1) is 0 Å². The van der Waals surface area contributed by atoms with Crippen LogP contribution >= 0.6 is 0 Å². The van der Waals surface area contributed by atoms with Crippen LogP contribution in [-0.2, 0) is 12.8 Å².